The van der Waals surface area contributed by atoms with Crippen LogP contribution in [0.5, 0.6) is 0 Å². The summed E-state index contributed by atoms with van der Waals surface area (Å²) in [6.45, 7) is 8.29. The Bertz CT molecular complexity index is 1300. The minimum Gasteiger partial charge on any atom is -0.369 e. The van der Waals surface area contributed by atoms with E-state index in [1.54, 1.807) is 16.7 Å². The van der Waals surface area contributed by atoms with Crippen LogP contribution in [-0.4, -0.2) is 71.4 Å². The Hall–Kier alpha value is -3.50. The first kappa shape index (κ1) is 25.2. The average Bonchev–Trinajstić information content (AvgIpc) is 3.42. The Kier molecular flexibility index (Phi) is 6.87. The van der Waals surface area contributed by atoms with Crippen molar-refractivity contribution in [1.82, 2.24) is 20.0 Å². The third kappa shape index (κ3) is 4.91. The zero-order valence-corrected chi connectivity index (χ0v) is 22.5. The fourth-order valence-electron chi connectivity index (χ4n) is 4.94. The van der Waals surface area contributed by atoms with E-state index in [0.717, 1.165) is 53.7 Å². The molecular weight excluding hydrogens is 486 g/mol. The molecule has 0 spiro atoms. The van der Waals surface area contributed by atoms with Gasteiger partial charge < -0.3 is 25.3 Å². The summed E-state index contributed by atoms with van der Waals surface area (Å²) in [7, 11) is 2.13. The lowest BCUT2D eigenvalue weighted by Crippen LogP contribution is -2.44. The van der Waals surface area contributed by atoms with Gasteiger partial charge in [-0.3, -0.25) is 9.89 Å². The quantitative estimate of drug-likeness (QED) is 0.432. The molecule has 0 aliphatic carbocycles. The summed E-state index contributed by atoms with van der Waals surface area (Å²) in [5, 5.41) is 13.4. The number of amides is 3. The zero-order chi connectivity index (χ0) is 26.2. The number of carbonyl (C=O) groups excluding carboxylic acids is 2. The maximum absolute atomic E-state index is 13.3. The Balaban J connectivity index is 1.27. The van der Waals surface area contributed by atoms with Crippen LogP contribution in [0.15, 0.2) is 53.4 Å². The number of fused-ring (bicyclic) bond motifs is 1. The third-order valence-electron chi connectivity index (χ3n) is 7.29. The number of carbonyl (C=O) groups is 2. The van der Waals surface area contributed by atoms with Gasteiger partial charge >= 0.3 is 6.03 Å². The number of nitrogens with zero attached hydrogens (tertiary/aromatic N) is 4. The lowest BCUT2D eigenvalue weighted by atomic mass is 10.0. The van der Waals surface area contributed by atoms with Gasteiger partial charge in [0.1, 0.15) is 0 Å². The van der Waals surface area contributed by atoms with Gasteiger partial charge in [0.05, 0.1) is 23.5 Å². The molecule has 5 rings (SSSR count). The molecule has 0 atom stereocenters. The number of nitrogens with one attached hydrogen (secondary N) is 3. The van der Waals surface area contributed by atoms with Crippen molar-refractivity contribution in [3.05, 3.63) is 65.4 Å². The molecule has 2 aromatic carbocycles. The SMILES string of the molecule is CSc1ccccc1NC(=O)N1Cc2c(NC(=O)c3ccc(N4CCN(C)CC4)cc3)n[nH]c2C1(C)C. The van der Waals surface area contributed by atoms with Crippen LogP contribution < -0.4 is 15.5 Å². The van der Waals surface area contributed by atoms with Crippen molar-refractivity contribution in [2.45, 2.75) is 30.8 Å². The first-order valence-electron chi connectivity index (χ1n) is 12.4. The minimum atomic E-state index is -0.617. The van der Waals surface area contributed by atoms with Crippen LogP contribution in [-0.2, 0) is 12.1 Å². The first-order valence-corrected chi connectivity index (χ1v) is 13.6. The molecule has 0 radical (unpaired) electrons. The number of benzene rings is 2. The lowest BCUT2D eigenvalue weighted by Gasteiger charge is -2.34. The van der Waals surface area contributed by atoms with E-state index in [-0.39, 0.29) is 11.9 Å². The van der Waals surface area contributed by atoms with Crippen LogP contribution in [0.1, 0.15) is 35.5 Å². The summed E-state index contributed by atoms with van der Waals surface area (Å²) in [6.07, 6.45) is 1.98. The highest BCUT2D eigenvalue weighted by molar-refractivity contribution is 7.98. The molecule has 3 heterocycles. The molecule has 37 heavy (non-hydrogen) atoms. The van der Waals surface area contributed by atoms with E-state index in [1.165, 1.54) is 0 Å². The Morgan fingerprint density at radius 1 is 1.00 bits per heavy atom. The van der Waals surface area contributed by atoms with E-state index in [2.05, 4.69) is 37.7 Å². The van der Waals surface area contributed by atoms with E-state index in [9.17, 15) is 9.59 Å². The average molecular weight is 520 g/mol. The number of hydrogen-bond donors (Lipinski definition) is 3. The Morgan fingerprint density at radius 3 is 2.41 bits per heavy atom. The van der Waals surface area contributed by atoms with Crippen molar-refractivity contribution in [1.29, 1.82) is 0 Å². The second-order valence-electron chi connectivity index (χ2n) is 9.99. The minimum absolute atomic E-state index is 0.201. The van der Waals surface area contributed by atoms with Crippen molar-refractivity contribution in [3.63, 3.8) is 0 Å². The van der Waals surface area contributed by atoms with Crippen LogP contribution in [0.2, 0.25) is 0 Å². The molecule has 3 aromatic rings. The molecule has 2 aliphatic rings. The first-order chi connectivity index (χ1) is 17.8. The molecule has 2 aliphatic heterocycles. The van der Waals surface area contributed by atoms with Gasteiger partial charge in [-0.1, -0.05) is 12.1 Å². The molecule has 194 valence electrons. The molecule has 3 amide bonds. The number of aromatic amines is 1. The standard InChI is InChI=1S/C27H33N7O2S/c1-27(2)23-20(17-34(27)26(36)28-21-7-5-6-8-22(21)37-4)24(31-30-23)29-25(35)18-9-11-19(12-10-18)33-15-13-32(3)14-16-33/h5-12H,13-17H2,1-4H3,(H,28,36)(H2,29,30,31,35). The maximum Gasteiger partial charge on any atom is 0.322 e. The van der Waals surface area contributed by atoms with Crippen molar-refractivity contribution < 1.29 is 9.59 Å². The van der Waals surface area contributed by atoms with Crippen LogP contribution in [0.4, 0.5) is 22.0 Å². The summed E-state index contributed by atoms with van der Waals surface area (Å²) in [4.78, 5) is 33.7. The maximum atomic E-state index is 13.3. The van der Waals surface area contributed by atoms with Crippen LogP contribution in [0.3, 0.4) is 0 Å². The van der Waals surface area contributed by atoms with Gasteiger partial charge in [-0.15, -0.1) is 11.8 Å². The molecule has 0 bridgehead atoms. The summed E-state index contributed by atoms with van der Waals surface area (Å²) >= 11 is 1.58. The number of hydrogen-bond acceptors (Lipinski definition) is 6. The number of likely N-dealkylation sites (N-methyl/N-ethyl adjacent to an activating group) is 1. The Morgan fingerprint density at radius 2 is 1.70 bits per heavy atom. The van der Waals surface area contributed by atoms with E-state index >= 15 is 0 Å². The number of thioether (sulfide) groups is 1. The molecule has 1 fully saturated rings. The number of piperazine rings is 1. The molecular formula is C27H33N7O2S. The number of H-pyrrole nitrogens is 1. The molecule has 1 aromatic heterocycles. The van der Waals surface area contributed by atoms with Gasteiger partial charge in [0.2, 0.25) is 0 Å². The van der Waals surface area contributed by atoms with Gasteiger partial charge in [-0.2, -0.15) is 5.10 Å². The fraction of sp³-hybridized carbons (Fsp3) is 0.370. The second-order valence-corrected chi connectivity index (χ2v) is 10.8. The van der Waals surface area contributed by atoms with Crippen LogP contribution in [0, 0.1) is 0 Å². The number of rotatable bonds is 5. The van der Waals surface area contributed by atoms with Gasteiger partial charge in [0.25, 0.3) is 5.91 Å². The number of aromatic nitrogens is 2. The third-order valence-corrected chi connectivity index (χ3v) is 8.09. The summed E-state index contributed by atoms with van der Waals surface area (Å²) in [5.41, 5.74) is 3.49. The lowest BCUT2D eigenvalue weighted by molar-refractivity contribution is 0.102. The molecule has 9 nitrogen and oxygen atoms in total. The number of para-hydroxylation sites is 1. The summed E-state index contributed by atoms with van der Waals surface area (Å²) in [6, 6.07) is 15.2. The van der Waals surface area contributed by atoms with E-state index in [4.69, 9.17) is 0 Å². The summed E-state index contributed by atoms with van der Waals surface area (Å²) in [5.74, 6) is 0.227. The fourth-order valence-corrected chi connectivity index (χ4v) is 5.50. The molecule has 1 saturated heterocycles. The molecule has 3 N–H and O–H groups in total. The highest BCUT2D eigenvalue weighted by Gasteiger charge is 2.44. The largest absolute Gasteiger partial charge is 0.369 e. The van der Waals surface area contributed by atoms with Crippen LogP contribution in [0.25, 0.3) is 0 Å². The van der Waals surface area contributed by atoms with E-state index in [0.29, 0.717) is 17.9 Å². The predicted octanol–water partition coefficient (Wildman–Crippen LogP) is 4.42. The van der Waals surface area contributed by atoms with Crippen molar-refractivity contribution in [2.75, 3.05) is 55.0 Å². The van der Waals surface area contributed by atoms with Gasteiger partial charge in [-0.05, 0) is 63.5 Å². The van der Waals surface area contributed by atoms with E-state index < -0.39 is 5.54 Å². The van der Waals surface area contributed by atoms with E-state index in [1.807, 2.05) is 68.6 Å². The smallest absolute Gasteiger partial charge is 0.322 e. The van der Waals surface area contributed by atoms with Crippen molar-refractivity contribution in [3.8, 4) is 0 Å². The molecule has 10 heteroatoms. The van der Waals surface area contributed by atoms with Gasteiger partial charge in [0.15, 0.2) is 5.82 Å². The Labute approximate surface area is 221 Å². The highest BCUT2D eigenvalue weighted by Crippen LogP contribution is 2.41. The van der Waals surface area contributed by atoms with Gasteiger partial charge in [0, 0.05) is 47.9 Å². The second kappa shape index (κ2) is 10.1. The predicted molar refractivity (Wildman–Crippen MR) is 149 cm³/mol. The topological polar surface area (TPSA) is 96.6 Å². The molecule has 0 saturated carbocycles. The van der Waals surface area contributed by atoms with Gasteiger partial charge in [-0.25, -0.2) is 4.79 Å². The van der Waals surface area contributed by atoms with Crippen molar-refractivity contribution >= 4 is 40.9 Å². The summed E-state index contributed by atoms with van der Waals surface area (Å²) < 4.78 is 0. The zero-order valence-electron chi connectivity index (χ0n) is 21.7. The van der Waals surface area contributed by atoms with Crippen molar-refractivity contribution in [2.24, 2.45) is 0 Å². The highest BCUT2D eigenvalue weighted by atomic mass is 32.2. The number of urea groups is 1. The monoisotopic (exact) mass is 519 g/mol. The number of anilines is 3. The normalized spacial score (nSPS) is 17.0. The molecule has 0 unspecified atom stereocenters. The van der Waals surface area contributed by atoms with Crippen LogP contribution >= 0.6 is 11.8 Å².